The molecule has 2 atom stereocenters. The predicted molar refractivity (Wildman–Crippen MR) is 124 cm³/mol. The molecule has 0 bridgehead atoms. The topological polar surface area (TPSA) is 34.1 Å². The molecule has 2 rings (SSSR count). The van der Waals surface area contributed by atoms with Crippen molar-refractivity contribution >= 4 is 29.9 Å². The van der Waals surface area contributed by atoms with Crippen molar-refractivity contribution in [1.29, 1.82) is 0 Å². The molecular weight excluding hydrogens is 494 g/mol. The number of guanidine groups is 1. The first-order valence-corrected chi connectivity index (χ1v) is 10.9. The normalized spacial score (nSPS) is 23.6. The van der Waals surface area contributed by atoms with Crippen molar-refractivity contribution in [1.82, 2.24) is 20.0 Å². The number of unbranched alkanes of at least 4 members (excludes halogenated alkanes) is 1. The lowest BCUT2D eigenvalue weighted by molar-refractivity contribution is -0.181. The Hall–Kier alpha value is -0.290. The SMILES string of the molecule is CCNC(=NCCCCN1CCCC(C)C1)N1CCN(C(C)C(F)(F)F)CC1.I. The maximum absolute atomic E-state index is 12.9. The minimum atomic E-state index is -4.16. The van der Waals surface area contributed by atoms with E-state index < -0.39 is 12.2 Å². The second kappa shape index (κ2) is 13.2. The number of nitrogens with zero attached hydrogens (tertiary/aromatic N) is 4. The van der Waals surface area contributed by atoms with Gasteiger partial charge in [-0.3, -0.25) is 9.89 Å². The van der Waals surface area contributed by atoms with Crippen molar-refractivity contribution in [2.45, 2.75) is 58.7 Å². The molecule has 1 N–H and O–H groups in total. The van der Waals surface area contributed by atoms with Crippen LogP contribution >= 0.6 is 24.0 Å². The van der Waals surface area contributed by atoms with Gasteiger partial charge >= 0.3 is 6.18 Å². The summed E-state index contributed by atoms with van der Waals surface area (Å²) >= 11 is 0. The summed E-state index contributed by atoms with van der Waals surface area (Å²) in [5, 5.41) is 3.30. The van der Waals surface area contributed by atoms with Gasteiger partial charge in [-0.25, -0.2) is 0 Å². The van der Waals surface area contributed by atoms with Gasteiger partial charge in [0.2, 0.25) is 0 Å². The van der Waals surface area contributed by atoms with Crippen LogP contribution in [0.4, 0.5) is 13.2 Å². The number of piperidine rings is 1. The maximum Gasteiger partial charge on any atom is 0.403 e. The van der Waals surface area contributed by atoms with Crippen LogP contribution < -0.4 is 5.32 Å². The number of nitrogens with one attached hydrogen (secondary N) is 1. The fourth-order valence-corrected chi connectivity index (χ4v) is 4.08. The molecule has 2 fully saturated rings. The standard InChI is InChI=1S/C20H38F3N5.HI/c1-4-24-19(25-9-5-6-10-26-11-7-8-17(2)16-26)28-14-12-27(13-15-28)18(3)20(21,22)23;/h17-18H,4-16H2,1-3H3,(H,24,25);1H. The van der Waals surface area contributed by atoms with Gasteiger partial charge in [-0.2, -0.15) is 13.2 Å². The molecule has 2 aliphatic heterocycles. The number of aliphatic imine (C=N–C) groups is 1. The highest BCUT2D eigenvalue weighted by Gasteiger charge is 2.41. The van der Waals surface area contributed by atoms with Gasteiger partial charge in [0.25, 0.3) is 0 Å². The van der Waals surface area contributed by atoms with Crippen LogP contribution in [0.2, 0.25) is 0 Å². The number of hydrogen-bond acceptors (Lipinski definition) is 3. The van der Waals surface area contributed by atoms with Gasteiger partial charge in [-0.15, -0.1) is 24.0 Å². The maximum atomic E-state index is 12.9. The minimum Gasteiger partial charge on any atom is -0.357 e. The molecule has 0 radical (unpaired) electrons. The molecule has 2 heterocycles. The summed E-state index contributed by atoms with van der Waals surface area (Å²) in [6, 6.07) is -1.38. The number of rotatable bonds is 7. The van der Waals surface area contributed by atoms with Crippen molar-refractivity contribution in [2.75, 3.05) is 58.9 Å². The fourth-order valence-electron chi connectivity index (χ4n) is 4.08. The summed E-state index contributed by atoms with van der Waals surface area (Å²) in [4.78, 5) is 10.9. The molecule has 0 aliphatic carbocycles. The van der Waals surface area contributed by atoms with Crippen molar-refractivity contribution in [3.8, 4) is 0 Å². The van der Waals surface area contributed by atoms with Crippen LogP contribution in [-0.4, -0.2) is 91.8 Å². The molecule has 0 aromatic rings. The van der Waals surface area contributed by atoms with Crippen LogP contribution in [0.25, 0.3) is 0 Å². The van der Waals surface area contributed by atoms with E-state index in [9.17, 15) is 13.2 Å². The Morgan fingerprint density at radius 2 is 1.83 bits per heavy atom. The van der Waals surface area contributed by atoms with Gasteiger partial charge in [0.05, 0.1) is 0 Å². The molecular formula is C20H39F3IN5. The van der Waals surface area contributed by atoms with Gasteiger partial charge in [0.1, 0.15) is 6.04 Å². The highest BCUT2D eigenvalue weighted by atomic mass is 127. The quantitative estimate of drug-likeness (QED) is 0.235. The van der Waals surface area contributed by atoms with Crippen LogP contribution in [0.3, 0.4) is 0 Å². The molecule has 0 aromatic heterocycles. The second-order valence-electron chi connectivity index (χ2n) is 8.23. The summed E-state index contributed by atoms with van der Waals surface area (Å²) in [6.45, 7) is 12.7. The first-order valence-electron chi connectivity index (χ1n) is 10.9. The largest absolute Gasteiger partial charge is 0.403 e. The lowest BCUT2D eigenvalue weighted by Crippen LogP contribution is -2.56. The number of halogens is 4. The summed E-state index contributed by atoms with van der Waals surface area (Å²) < 4.78 is 38.7. The van der Waals surface area contributed by atoms with Crippen LogP contribution in [-0.2, 0) is 0 Å². The third-order valence-electron chi connectivity index (χ3n) is 5.86. The molecule has 2 unspecified atom stereocenters. The average Bonchev–Trinajstić information content (AvgIpc) is 2.66. The van der Waals surface area contributed by atoms with E-state index in [1.54, 1.807) is 0 Å². The molecule has 0 aromatic carbocycles. The molecule has 9 heteroatoms. The molecule has 0 spiro atoms. The smallest absolute Gasteiger partial charge is 0.357 e. The number of piperazine rings is 1. The van der Waals surface area contributed by atoms with Gasteiger partial charge < -0.3 is 15.1 Å². The van der Waals surface area contributed by atoms with Crippen molar-refractivity contribution in [2.24, 2.45) is 10.9 Å². The molecule has 0 saturated carbocycles. The molecule has 2 saturated heterocycles. The Morgan fingerprint density at radius 1 is 1.14 bits per heavy atom. The van der Waals surface area contributed by atoms with Gasteiger partial charge in [0, 0.05) is 45.8 Å². The van der Waals surface area contributed by atoms with Crippen molar-refractivity contribution in [3.63, 3.8) is 0 Å². The van der Waals surface area contributed by atoms with E-state index in [0.29, 0.717) is 26.2 Å². The Bertz CT molecular complexity index is 481. The van der Waals surface area contributed by atoms with E-state index in [2.05, 4.69) is 22.0 Å². The number of hydrogen-bond donors (Lipinski definition) is 1. The van der Waals surface area contributed by atoms with Crippen LogP contribution in [0.15, 0.2) is 4.99 Å². The highest BCUT2D eigenvalue weighted by molar-refractivity contribution is 14.0. The molecule has 5 nitrogen and oxygen atoms in total. The monoisotopic (exact) mass is 533 g/mol. The molecule has 172 valence electrons. The summed E-state index contributed by atoms with van der Waals surface area (Å²) in [6.07, 6.45) is 0.689. The van der Waals surface area contributed by atoms with Crippen LogP contribution in [0.5, 0.6) is 0 Å². The molecule has 2 aliphatic rings. The van der Waals surface area contributed by atoms with E-state index in [1.807, 2.05) is 6.92 Å². The van der Waals surface area contributed by atoms with Crippen LogP contribution in [0.1, 0.15) is 46.5 Å². The Balaban J connectivity index is 0.00000420. The Kier molecular flexibility index (Phi) is 12.2. The fraction of sp³-hybridized carbons (Fsp3) is 0.950. The second-order valence-corrected chi connectivity index (χ2v) is 8.23. The van der Waals surface area contributed by atoms with Gasteiger partial charge in [-0.05, 0) is 58.5 Å². The highest BCUT2D eigenvalue weighted by Crippen LogP contribution is 2.25. The molecule has 0 amide bonds. The van der Waals surface area contributed by atoms with Crippen molar-refractivity contribution < 1.29 is 13.2 Å². The Morgan fingerprint density at radius 3 is 2.41 bits per heavy atom. The summed E-state index contributed by atoms with van der Waals surface area (Å²) in [5.41, 5.74) is 0. The van der Waals surface area contributed by atoms with E-state index >= 15 is 0 Å². The molecule has 29 heavy (non-hydrogen) atoms. The van der Waals surface area contributed by atoms with Crippen LogP contribution in [0, 0.1) is 5.92 Å². The Labute approximate surface area is 191 Å². The van der Waals surface area contributed by atoms with E-state index in [4.69, 9.17) is 4.99 Å². The number of likely N-dealkylation sites (tertiary alicyclic amines) is 1. The summed E-state index contributed by atoms with van der Waals surface area (Å²) in [5.74, 6) is 1.65. The first kappa shape index (κ1) is 26.7. The van der Waals surface area contributed by atoms with E-state index in [0.717, 1.165) is 44.4 Å². The van der Waals surface area contributed by atoms with E-state index in [-0.39, 0.29) is 24.0 Å². The number of alkyl halides is 3. The predicted octanol–water partition coefficient (Wildman–Crippen LogP) is 3.65. The van der Waals surface area contributed by atoms with Gasteiger partial charge in [0.15, 0.2) is 5.96 Å². The van der Waals surface area contributed by atoms with Crippen molar-refractivity contribution in [3.05, 3.63) is 0 Å². The third kappa shape index (κ3) is 9.16. The average molecular weight is 533 g/mol. The first-order chi connectivity index (χ1) is 13.3. The van der Waals surface area contributed by atoms with E-state index in [1.165, 1.54) is 37.8 Å². The zero-order valence-corrected chi connectivity index (χ0v) is 20.5. The zero-order chi connectivity index (χ0) is 20.6. The zero-order valence-electron chi connectivity index (χ0n) is 18.2. The van der Waals surface area contributed by atoms with Gasteiger partial charge in [-0.1, -0.05) is 6.92 Å². The lowest BCUT2D eigenvalue weighted by atomic mass is 10.0. The summed E-state index contributed by atoms with van der Waals surface area (Å²) in [7, 11) is 0. The minimum absolute atomic E-state index is 0. The third-order valence-corrected chi connectivity index (χ3v) is 5.86. The lowest BCUT2D eigenvalue weighted by Gasteiger charge is -2.39.